The van der Waals surface area contributed by atoms with Crippen molar-refractivity contribution >= 4 is 23.2 Å². The molecule has 2 N–H and O–H groups in total. The van der Waals surface area contributed by atoms with Crippen molar-refractivity contribution in [1.82, 2.24) is 0 Å². The van der Waals surface area contributed by atoms with E-state index in [1.165, 1.54) is 0 Å². The highest BCUT2D eigenvalue weighted by Crippen LogP contribution is 2.30. The van der Waals surface area contributed by atoms with Crippen LogP contribution in [-0.4, -0.2) is 0 Å². The van der Waals surface area contributed by atoms with E-state index in [1.54, 1.807) is 0 Å². The maximum Gasteiger partial charge on any atom is 0.0637 e. The van der Waals surface area contributed by atoms with Gasteiger partial charge in [0.1, 0.15) is 0 Å². The van der Waals surface area contributed by atoms with Crippen LogP contribution in [0.4, 0.5) is 0 Å². The minimum absolute atomic E-state index is 0.609. The van der Waals surface area contributed by atoms with E-state index in [-0.39, 0.29) is 0 Å². The van der Waals surface area contributed by atoms with E-state index in [4.69, 9.17) is 28.9 Å². The minimum atomic E-state index is -0.609. The molecule has 0 aromatic heterocycles. The maximum absolute atomic E-state index is 6.43. The van der Waals surface area contributed by atoms with E-state index in [0.717, 1.165) is 21.7 Å². The van der Waals surface area contributed by atoms with Gasteiger partial charge in [0, 0.05) is 10.0 Å². The van der Waals surface area contributed by atoms with Gasteiger partial charge in [0.05, 0.1) is 5.54 Å². The Labute approximate surface area is 118 Å². The Bertz CT molecular complexity index is 576. The van der Waals surface area contributed by atoms with Crippen LogP contribution < -0.4 is 5.73 Å². The number of benzene rings is 2. The van der Waals surface area contributed by atoms with Crippen LogP contribution >= 0.6 is 23.2 Å². The molecule has 0 radical (unpaired) electrons. The molecule has 0 heterocycles. The van der Waals surface area contributed by atoms with Crippen molar-refractivity contribution in [2.24, 2.45) is 5.73 Å². The predicted molar refractivity (Wildman–Crippen MR) is 78.3 cm³/mol. The summed E-state index contributed by atoms with van der Waals surface area (Å²) in [5.41, 5.74) is 8.80. The molecule has 0 bridgehead atoms. The molecule has 0 fully saturated rings. The minimum Gasteiger partial charge on any atom is -0.318 e. The molecule has 2 rings (SSSR count). The van der Waals surface area contributed by atoms with Gasteiger partial charge >= 0.3 is 0 Å². The van der Waals surface area contributed by atoms with Crippen LogP contribution in [0.1, 0.15) is 23.6 Å². The van der Waals surface area contributed by atoms with E-state index in [1.807, 2.05) is 56.3 Å². The second-order valence-electron chi connectivity index (χ2n) is 4.68. The fourth-order valence-electron chi connectivity index (χ4n) is 1.89. The van der Waals surface area contributed by atoms with Gasteiger partial charge in [-0.3, -0.25) is 0 Å². The van der Waals surface area contributed by atoms with Gasteiger partial charge in [0.15, 0.2) is 0 Å². The van der Waals surface area contributed by atoms with Crippen molar-refractivity contribution in [2.45, 2.75) is 19.4 Å². The van der Waals surface area contributed by atoms with Gasteiger partial charge in [-0.05, 0) is 48.7 Å². The highest BCUT2D eigenvalue weighted by Gasteiger charge is 2.24. The second kappa shape index (κ2) is 4.93. The van der Waals surface area contributed by atoms with Crippen LogP contribution in [0, 0.1) is 6.92 Å². The van der Waals surface area contributed by atoms with Crippen molar-refractivity contribution < 1.29 is 0 Å². The SMILES string of the molecule is Cc1ccc(C(C)(N)c2cccc(Cl)c2)cc1Cl. The summed E-state index contributed by atoms with van der Waals surface area (Å²) in [5, 5.41) is 1.41. The Kier molecular flexibility index (Phi) is 3.67. The molecule has 3 heteroatoms. The molecular weight excluding hydrogens is 265 g/mol. The molecule has 2 aromatic rings. The van der Waals surface area contributed by atoms with Crippen LogP contribution in [0.2, 0.25) is 10.0 Å². The summed E-state index contributed by atoms with van der Waals surface area (Å²) in [4.78, 5) is 0. The molecule has 1 unspecified atom stereocenters. The third-order valence-electron chi connectivity index (χ3n) is 3.20. The number of hydrogen-bond donors (Lipinski definition) is 1. The van der Waals surface area contributed by atoms with Crippen molar-refractivity contribution in [3.05, 3.63) is 69.2 Å². The summed E-state index contributed by atoms with van der Waals surface area (Å²) < 4.78 is 0. The zero-order valence-electron chi connectivity index (χ0n) is 10.4. The highest BCUT2D eigenvalue weighted by atomic mass is 35.5. The average Bonchev–Trinajstić information content (AvgIpc) is 2.32. The van der Waals surface area contributed by atoms with E-state index in [2.05, 4.69) is 0 Å². The molecule has 1 nitrogen and oxygen atoms in total. The molecular formula is C15H15Cl2N. The summed E-state index contributed by atoms with van der Waals surface area (Å²) in [6, 6.07) is 13.5. The number of halogens is 2. The first kappa shape index (κ1) is 13.4. The third kappa shape index (κ3) is 2.54. The first-order valence-electron chi connectivity index (χ1n) is 5.73. The Balaban J connectivity index is 2.50. The normalized spacial score (nSPS) is 14.3. The largest absolute Gasteiger partial charge is 0.318 e. The van der Waals surface area contributed by atoms with Gasteiger partial charge in [-0.1, -0.05) is 47.5 Å². The number of rotatable bonds is 2. The molecule has 1 atom stereocenters. The summed E-state index contributed by atoms with van der Waals surface area (Å²) in [6.07, 6.45) is 0. The molecule has 0 amide bonds. The Morgan fingerprint density at radius 3 is 2.28 bits per heavy atom. The van der Waals surface area contributed by atoms with E-state index in [0.29, 0.717) is 5.02 Å². The van der Waals surface area contributed by atoms with E-state index < -0.39 is 5.54 Å². The third-order valence-corrected chi connectivity index (χ3v) is 3.84. The van der Waals surface area contributed by atoms with Crippen molar-refractivity contribution in [3.8, 4) is 0 Å². The maximum atomic E-state index is 6.43. The van der Waals surface area contributed by atoms with Gasteiger partial charge in [-0.15, -0.1) is 0 Å². The lowest BCUT2D eigenvalue weighted by molar-refractivity contribution is 0.603. The van der Waals surface area contributed by atoms with Gasteiger partial charge in [0.2, 0.25) is 0 Å². The molecule has 0 aliphatic rings. The first-order valence-corrected chi connectivity index (χ1v) is 6.48. The van der Waals surface area contributed by atoms with Gasteiger partial charge in [-0.2, -0.15) is 0 Å². The molecule has 2 aromatic carbocycles. The molecule has 0 saturated heterocycles. The van der Waals surface area contributed by atoms with Crippen LogP contribution in [0.5, 0.6) is 0 Å². The van der Waals surface area contributed by atoms with Crippen molar-refractivity contribution in [3.63, 3.8) is 0 Å². The molecule has 0 aliphatic carbocycles. The Morgan fingerprint density at radius 2 is 1.67 bits per heavy atom. The van der Waals surface area contributed by atoms with E-state index in [9.17, 15) is 0 Å². The summed E-state index contributed by atoms with van der Waals surface area (Å²) >= 11 is 12.2. The van der Waals surface area contributed by atoms with Gasteiger partial charge in [-0.25, -0.2) is 0 Å². The molecule has 0 saturated carbocycles. The van der Waals surface area contributed by atoms with E-state index >= 15 is 0 Å². The van der Waals surface area contributed by atoms with Crippen molar-refractivity contribution in [1.29, 1.82) is 0 Å². The van der Waals surface area contributed by atoms with Gasteiger partial charge < -0.3 is 5.73 Å². The molecule has 0 aliphatic heterocycles. The highest BCUT2D eigenvalue weighted by molar-refractivity contribution is 6.31. The quantitative estimate of drug-likeness (QED) is 0.859. The fraction of sp³-hybridized carbons (Fsp3) is 0.200. The Morgan fingerprint density at radius 1 is 1.00 bits per heavy atom. The zero-order chi connectivity index (χ0) is 13.3. The second-order valence-corrected chi connectivity index (χ2v) is 5.52. The zero-order valence-corrected chi connectivity index (χ0v) is 11.9. The molecule has 18 heavy (non-hydrogen) atoms. The van der Waals surface area contributed by atoms with Crippen LogP contribution in [-0.2, 0) is 5.54 Å². The molecule has 0 spiro atoms. The topological polar surface area (TPSA) is 26.0 Å². The van der Waals surface area contributed by atoms with Crippen LogP contribution in [0.15, 0.2) is 42.5 Å². The van der Waals surface area contributed by atoms with Crippen molar-refractivity contribution in [2.75, 3.05) is 0 Å². The van der Waals surface area contributed by atoms with Crippen LogP contribution in [0.25, 0.3) is 0 Å². The summed E-state index contributed by atoms with van der Waals surface area (Å²) in [7, 11) is 0. The smallest absolute Gasteiger partial charge is 0.0637 e. The predicted octanol–water partition coefficient (Wildman–Crippen LogP) is 4.52. The lowest BCUT2D eigenvalue weighted by atomic mass is 9.85. The molecule has 94 valence electrons. The average molecular weight is 280 g/mol. The Hall–Kier alpha value is -1.02. The monoisotopic (exact) mass is 279 g/mol. The standard InChI is InChI=1S/C15H15Cl2N/c1-10-6-7-12(9-14(10)17)15(2,18)11-4-3-5-13(16)8-11/h3-9H,18H2,1-2H3. The number of nitrogens with two attached hydrogens (primary N) is 1. The van der Waals surface area contributed by atoms with Crippen LogP contribution in [0.3, 0.4) is 0 Å². The fourth-order valence-corrected chi connectivity index (χ4v) is 2.26. The lowest BCUT2D eigenvalue weighted by Crippen LogP contribution is -2.34. The summed E-state index contributed by atoms with van der Waals surface area (Å²) in [6.45, 7) is 3.93. The van der Waals surface area contributed by atoms with Gasteiger partial charge in [0.25, 0.3) is 0 Å². The number of hydrogen-bond acceptors (Lipinski definition) is 1. The first-order chi connectivity index (χ1) is 8.41. The lowest BCUT2D eigenvalue weighted by Gasteiger charge is -2.26. The summed E-state index contributed by atoms with van der Waals surface area (Å²) in [5.74, 6) is 0. The number of aryl methyl sites for hydroxylation is 1.